The number of hydrogen-bond donors (Lipinski definition) is 2. The molecule has 2 aromatic rings. The van der Waals surface area contributed by atoms with E-state index in [9.17, 15) is 14.4 Å². The van der Waals surface area contributed by atoms with Crippen LogP contribution in [0.4, 0.5) is 0 Å². The van der Waals surface area contributed by atoms with Crippen LogP contribution >= 0.6 is 104 Å². The van der Waals surface area contributed by atoms with Crippen molar-refractivity contribution < 1.29 is 14.4 Å². The number of carbonyl (C=O) groups excluding carboxylic acids is 3. The van der Waals surface area contributed by atoms with Gasteiger partial charge in [-0.1, -0.05) is 104 Å². The number of carbonyl (C=O) groups is 3. The van der Waals surface area contributed by atoms with Gasteiger partial charge < -0.3 is 14.9 Å². The molecule has 0 bridgehead atoms. The van der Waals surface area contributed by atoms with E-state index in [1.54, 1.807) is 12.1 Å². The Labute approximate surface area is 233 Å². The van der Waals surface area contributed by atoms with Crippen LogP contribution < -0.4 is 0 Å². The molecule has 0 saturated carbocycles. The Morgan fingerprint density at radius 2 is 1.03 bits per heavy atom. The van der Waals surface area contributed by atoms with Crippen molar-refractivity contribution in [2.45, 2.75) is 36.3 Å². The van der Waals surface area contributed by atoms with Crippen molar-refractivity contribution >= 4 is 122 Å². The van der Waals surface area contributed by atoms with E-state index in [-0.39, 0.29) is 11.4 Å². The average molecular weight is 637 g/mol. The number of alkyl halides is 9. The monoisotopic (exact) mass is 633 g/mol. The van der Waals surface area contributed by atoms with E-state index in [1.165, 1.54) is 17.0 Å². The van der Waals surface area contributed by atoms with Crippen LogP contribution in [-0.4, -0.2) is 43.7 Å². The van der Waals surface area contributed by atoms with E-state index in [1.807, 2.05) is 0 Å². The molecule has 2 atom stereocenters. The zero-order chi connectivity index (χ0) is 24.9. The maximum atomic E-state index is 13.1. The molecule has 2 N–H and O–H groups in total. The zero-order valence-corrected chi connectivity index (χ0v) is 22.8. The summed E-state index contributed by atoms with van der Waals surface area (Å²) >= 11 is 51.8. The Hall–Kier alpha value is -0.0200. The predicted molar refractivity (Wildman–Crippen MR) is 133 cm³/mol. The molecule has 1 aliphatic rings. The first-order valence-electron chi connectivity index (χ1n) is 9.02. The molecule has 180 valence electrons. The molecule has 15 heteroatoms. The predicted octanol–water partition coefficient (Wildman–Crippen LogP) is 7.22. The molecule has 0 aromatic carbocycles. The highest BCUT2D eigenvalue weighted by molar-refractivity contribution is 6.78. The molecule has 1 fully saturated rings. The molecule has 1 amide bonds. The molecule has 0 radical (unpaired) electrons. The second-order valence-electron chi connectivity index (χ2n) is 7.13. The van der Waals surface area contributed by atoms with Crippen molar-refractivity contribution in [3.8, 4) is 0 Å². The summed E-state index contributed by atoms with van der Waals surface area (Å²) in [6, 6.07) is 4.76. The summed E-state index contributed by atoms with van der Waals surface area (Å²) in [4.78, 5) is 44.7. The molecule has 2 aromatic heterocycles. The number of ketones is 2. The van der Waals surface area contributed by atoms with Crippen molar-refractivity contribution in [2.75, 3.05) is 0 Å². The van der Waals surface area contributed by atoms with Crippen LogP contribution in [0, 0.1) is 0 Å². The van der Waals surface area contributed by atoms with E-state index in [4.69, 9.17) is 104 Å². The van der Waals surface area contributed by atoms with Gasteiger partial charge in [-0.15, -0.1) is 0 Å². The number of aromatic nitrogens is 2. The smallest absolute Gasteiger partial charge is 0.275 e. The van der Waals surface area contributed by atoms with E-state index >= 15 is 0 Å². The number of aromatic amines is 2. The molecule has 33 heavy (non-hydrogen) atoms. The lowest BCUT2D eigenvalue weighted by atomic mass is 10.1. The summed E-state index contributed by atoms with van der Waals surface area (Å²) in [5, 5.41) is 0. The van der Waals surface area contributed by atoms with Crippen molar-refractivity contribution in [3.05, 3.63) is 47.0 Å². The number of amides is 1. The first kappa shape index (κ1) is 27.6. The molecule has 1 aliphatic heterocycles. The fourth-order valence-corrected chi connectivity index (χ4v) is 4.54. The van der Waals surface area contributed by atoms with Crippen LogP contribution in [0.3, 0.4) is 0 Å². The minimum Gasteiger partial charge on any atom is -0.354 e. The number of H-pyrrole nitrogens is 2. The van der Waals surface area contributed by atoms with Crippen LogP contribution in [0.25, 0.3) is 0 Å². The van der Waals surface area contributed by atoms with Gasteiger partial charge in [0, 0.05) is 11.4 Å². The molecular formula is C18H12Cl9N3O3. The average Bonchev–Trinajstić information content (AvgIpc) is 3.41. The van der Waals surface area contributed by atoms with Gasteiger partial charge in [-0.05, 0) is 37.1 Å². The standard InChI is InChI=1S/C18H12Cl9N3O3/c19-16(20,21)13(31)9-3-1-7(28-9)11-5-6-12(30(11)15(33)18(25,26)27)8-2-4-10(29-8)14(32)17(22,23)24/h1-4,11-12,28-29H,5-6H2. The summed E-state index contributed by atoms with van der Waals surface area (Å²) in [6.07, 6.45) is 0.845. The first-order chi connectivity index (χ1) is 15.0. The molecule has 0 spiro atoms. The van der Waals surface area contributed by atoms with Crippen LogP contribution in [0.2, 0.25) is 0 Å². The number of likely N-dealkylation sites (tertiary alicyclic amines) is 1. The lowest BCUT2D eigenvalue weighted by molar-refractivity contribution is -0.133. The lowest BCUT2D eigenvalue weighted by Crippen LogP contribution is -2.40. The number of rotatable bonds is 4. The Balaban J connectivity index is 1.97. The minimum atomic E-state index is -2.27. The quantitative estimate of drug-likeness (QED) is 0.274. The van der Waals surface area contributed by atoms with Gasteiger partial charge in [0.1, 0.15) is 0 Å². The van der Waals surface area contributed by atoms with E-state index in [0.29, 0.717) is 24.2 Å². The fourth-order valence-electron chi connectivity index (χ4n) is 3.63. The third kappa shape index (κ3) is 6.04. The largest absolute Gasteiger partial charge is 0.354 e. The lowest BCUT2D eigenvalue weighted by Gasteiger charge is -2.32. The Kier molecular flexibility index (Phi) is 8.18. The Morgan fingerprint density at radius 1 is 0.667 bits per heavy atom. The summed E-state index contributed by atoms with van der Waals surface area (Å²) in [5.74, 6) is -2.36. The Bertz CT molecular complexity index is 1010. The van der Waals surface area contributed by atoms with Gasteiger partial charge in [0.2, 0.25) is 11.6 Å². The third-order valence-electron chi connectivity index (χ3n) is 5.00. The minimum absolute atomic E-state index is 0.0326. The highest BCUT2D eigenvalue weighted by Gasteiger charge is 2.47. The second kappa shape index (κ2) is 9.79. The highest BCUT2D eigenvalue weighted by atomic mass is 35.6. The molecule has 0 aliphatic carbocycles. The number of halogens is 9. The first-order valence-corrected chi connectivity index (χ1v) is 12.4. The van der Waals surface area contributed by atoms with Crippen LogP contribution in [0.15, 0.2) is 24.3 Å². The molecule has 2 unspecified atom stereocenters. The molecule has 1 saturated heterocycles. The molecule has 6 nitrogen and oxygen atoms in total. The van der Waals surface area contributed by atoms with Crippen molar-refractivity contribution in [3.63, 3.8) is 0 Å². The topological polar surface area (TPSA) is 86.0 Å². The summed E-state index contributed by atoms with van der Waals surface area (Å²) in [5.41, 5.74) is 0.985. The van der Waals surface area contributed by atoms with Gasteiger partial charge in [0.05, 0.1) is 23.5 Å². The van der Waals surface area contributed by atoms with Gasteiger partial charge in [0.15, 0.2) is 0 Å². The van der Waals surface area contributed by atoms with Gasteiger partial charge >= 0.3 is 0 Å². The second-order valence-corrected chi connectivity index (χ2v) is 14.0. The zero-order valence-electron chi connectivity index (χ0n) is 16.0. The third-order valence-corrected chi connectivity index (χ3v) is 6.52. The number of nitrogens with one attached hydrogen (secondary N) is 2. The summed E-state index contributed by atoms with van der Waals surface area (Å²) in [7, 11) is 0. The van der Waals surface area contributed by atoms with Gasteiger partial charge in [-0.2, -0.15) is 0 Å². The Morgan fingerprint density at radius 3 is 1.33 bits per heavy atom. The van der Waals surface area contributed by atoms with Gasteiger partial charge in [0.25, 0.3) is 17.3 Å². The normalized spacial score (nSPS) is 19.7. The SMILES string of the molecule is O=C(c1ccc(C2CCC(c3ccc(C(=O)C(Cl)(Cl)Cl)[nH]3)N2C(=O)C(Cl)(Cl)Cl)[nH]1)C(Cl)(Cl)Cl. The number of nitrogens with zero attached hydrogens (tertiary/aromatic N) is 1. The summed E-state index contributed by atoms with van der Waals surface area (Å²) < 4.78 is -6.60. The van der Waals surface area contributed by atoms with Crippen molar-refractivity contribution in [1.29, 1.82) is 0 Å². The summed E-state index contributed by atoms with van der Waals surface area (Å²) in [6.45, 7) is 0. The van der Waals surface area contributed by atoms with E-state index in [0.717, 1.165) is 0 Å². The van der Waals surface area contributed by atoms with Crippen molar-refractivity contribution in [2.24, 2.45) is 0 Å². The van der Waals surface area contributed by atoms with Crippen LogP contribution in [-0.2, 0) is 4.79 Å². The molecule has 3 heterocycles. The van der Waals surface area contributed by atoms with E-state index < -0.39 is 40.9 Å². The highest BCUT2D eigenvalue weighted by Crippen LogP contribution is 2.47. The fraction of sp³-hybridized carbons (Fsp3) is 0.389. The maximum Gasteiger partial charge on any atom is 0.275 e. The van der Waals surface area contributed by atoms with Crippen LogP contribution in [0.5, 0.6) is 0 Å². The number of Topliss-reactive ketones (excluding diaryl/α,β-unsaturated/α-hetero) is 2. The van der Waals surface area contributed by atoms with Crippen LogP contribution in [0.1, 0.15) is 57.3 Å². The maximum absolute atomic E-state index is 13.1. The number of hydrogen-bond acceptors (Lipinski definition) is 3. The molecule has 3 rings (SSSR count). The van der Waals surface area contributed by atoms with Gasteiger partial charge in [-0.25, -0.2) is 0 Å². The van der Waals surface area contributed by atoms with Crippen molar-refractivity contribution in [1.82, 2.24) is 14.9 Å². The van der Waals surface area contributed by atoms with Gasteiger partial charge in [-0.3, -0.25) is 14.4 Å². The molecular weight excluding hydrogens is 625 g/mol. The van der Waals surface area contributed by atoms with E-state index in [2.05, 4.69) is 9.97 Å².